The van der Waals surface area contributed by atoms with Crippen LogP contribution in [0.4, 0.5) is 0 Å². The Kier molecular flexibility index (Phi) is 5.03. The summed E-state index contributed by atoms with van der Waals surface area (Å²) in [5.41, 5.74) is 4.12. The molecule has 0 aromatic carbocycles. The Morgan fingerprint density at radius 1 is 1.40 bits per heavy atom. The number of hydrogen-bond donors (Lipinski definition) is 2. The Hall–Kier alpha value is -2.41. The molecule has 1 aliphatic heterocycles. The van der Waals surface area contributed by atoms with Crippen LogP contribution in [-0.4, -0.2) is 39.1 Å². The van der Waals surface area contributed by atoms with E-state index >= 15 is 0 Å². The highest BCUT2D eigenvalue weighted by atomic mass is 32.1. The van der Waals surface area contributed by atoms with Crippen LogP contribution in [0.25, 0.3) is 0 Å². The summed E-state index contributed by atoms with van der Waals surface area (Å²) in [5.74, 6) is -0.289. The highest BCUT2D eigenvalue weighted by Crippen LogP contribution is 2.39. The Bertz CT molecular complexity index is 775. The number of nitrogens with one attached hydrogen (secondary N) is 2. The van der Waals surface area contributed by atoms with Crippen molar-refractivity contribution in [1.82, 2.24) is 20.2 Å². The number of nitrogens with zero attached hydrogens (tertiary/aromatic N) is 2. The molecule has 2 aromatic heterocycles. The van der Waals surface area contributed by atoms with Crippen molar-refractivity contribution in [2.24, 2.45) is 0 Å². The first-order valence-corrected chi connectivity index (χ1v) is 8.72. The zero-order valence-electron chi connectivity index (χ0n) is 14.6. The number of ether oxygens (including phenoxy) is 1. The summed E-state index contributed by atoms with van der Waals surface area (Å²) in [6.45, 7) is 6.30. The first-order valence-electron chi connectivity index (χ1n) is 8.31. The molecular weight excluding hydrogens is 336 g/mol. The molecule has 0 aliphatic carbocycles. The van der Waals surface area contributed by atoms with Crippen LogP contribution in [0.15, 0.2) is 30.5 Å². The summed E-state index contributed by atoms with van der Waals surface area (Å²) in [6.07, 6.45) is 1.76. The van der Waals surface area contributed by atoms with Crippen LogP contribution >= 0.6 is 12.2 Å². The van der Waals surface area contributed by atoms with E-state index in [1.807, 2.05) is 36.9 Å². The number of thiocarbonyl (C=S) groups is 1. The second-order valence-corrected chi connectivity index (χ2v) is 6.48. The van der Waals surface area contributed by atoms with E-state index in [1.165, 1.54) is 0 Å². The van der Waals surface area contributed by atoms with Gasteiger partial charge in [-0.2, -0.15) is 0 Å². The average molecular weight is 358 g/mol. The molecule has 6 nitrogen and oxygen atoms in total. The molecule has 0 radical (unpaired) electrons. The number of hydrogen-bond acceptors (Lipinski definition) is 4. The van der Waals surface area contributed by atoms with E-state index in [0.717, 1.165) is 22.6 Å². The largest absolute Gasteiger partial charge is 0.465 e. The fraction of sp³-hybridized carbons (Fsp3) is 0.389. The number of pyridine rings is 1. The van der Waals surface area contributed by atoms with Gasteiger partial charge in [-0.25, -0.2) is 0 Å². The molecule has 1 aliphatic rings. The summed E-state index contributed by atoms with van der Waals surface area (Å²) >= 11 is 5.52. The predicted molar refractivity (Wildman–Crippen MR) is 99.1 cm³/mol. The lowest BCUT2D eigenvalue weighted by Crippen LogP contribution is -2.35. The van der Waals surface area contributed by atoms with Crippen molar-refractivity contribution < 1.29 is 9.53 Å². The second kappa shape index (κ2) is 7.23. The molecular formula is C18H22N4O2S. The number of aromatic nitrogens is 2. The van der Waals surface area contributed by atoms with Crippen molar-refractivity contribution in [2.75, 3.05) is 13.2 Å². The van der Waals surface area contributed by atoms with Crippen LogP contribution in [0.3, 0.4) is 0 Å². The van der Waals surface area contributed by atoms with Gasteiger partial charge in [0.1, 0.15) is 6.54 Å². The molecule has 3 heterocycles. The first kappa shape index (κ1) is 17.4. The third-order valence-electron chi connectivity index (χ3n) is 4.31. The fourth-order valence-corrected chi connectivity index (χ4v) is 3.62. The molecule has 2 atom stereocenters. The maximum Gasteiger partial charge on any atom is 0.325 e. The lowest BCUT2D eigenvalue weighted by Gasteiger charge is -2.27. The molecule has 132 valence electrons. The minimum absolute atomic E-state index is 0.108. The number of carbonyl (C=O) groups excluding carboxylic acids is 1. The van der Waals surface area contributed by atoms with E-state index in [4.69, 9.17) is 17.0 Å². The molecule has 1 saturated heterocycles. The molecule has 25 heavy (non-hydrogen) atoms. The smallest absolute Gasteiger partial charge is 0.325 e. The third kappa shape index (κ3) is 3.51. The van der Waals surface area contributed by atoms with E-state index < -0.39 is 0 Å². The summed E-state index contributed by atoms with van der Waals surface area (Å²) < 4.78 is 5.12. The Morgan fingerprint density at radius 2 is 2.20 bits per heavy atom. The summed E-state index contributed by atoms with van der Waals surface area (Å²) in [4.78, 5) is 21.8. The van der Waals surface area contributed by atoms with E-state index in [2.05, 4.69) is 21.4 Å². The Balaban J connectivity index is 2.00. The number of H-pyrrole nitrogens is 1. The quantitative estimate of drug-likeness (QED) is 0.632. The summed E-state index contributed by atoms with van der Waals surface area (Å²) in [6, 6.07) is 7.65. The number of rotatable bonds is 5. The van der Waals surface area contributed by atoms with Gasteiger partial charge in [-0.1, -0.05) is 6.07 Å². The van der Waals surface area contributed by atoms with E-state index in [0.29, 0.717) is 11.7 Å². The van der Waals surface area contributed by atoms with Crippen LogP contribution in [0.1, 0.15) is 41.7 Å². The van der Waals surface area contributed by atoms with Gasteiger partial charge in [0.2, 0.25) is 0 Å². The highest BCUT2D eigenvalue weighted by Gasteiger charge is 2.41. The van der Waals surface area contributed by atoms with Gasteiger partial charge in [-0.05, 0) is 56.8 Å². The van der Waals surface area contributed by atoms with Crippen molar-refractivity contribution in [3.05, 3.63) is 53.1 Å². The lowest BCUT2D eigenvalue weighted by molar-refractivity contribution is -0.143. The van der Waals surface area contributed by atoms with E-state index in [1.54, 1.807) is 13.1 Å². The zero-order valence-corrected chi connectivity index (χ0v) is 15.4. The summed E-state index contributed by atoms with van der Waals surface area (Å²) in [5, 5.41) is 3.86. The molecule has 3 rings (SSSR count). The number of aryl methyl sites for hydroxylation is 2. The predicted octanol–water partition coefficient (Wildman–Crippen LogP) is 2.56. The van der Waals surface area contributed by atoms with Crippen molar-refractivity contribution in [1.29, 1.82) is 0 Å². The maximum atomic E-state index is 12.1. The highest BCUT2D eigenvalue weighted by molar-refractivity contribution is 7.80. The molecule has 2 aromatic rings. The van der Waals surface area contributed by atoms with Gasteiger partial charge in [-0.15, -0.1) is 0 Å². The van der Waals surface area contributed by atoms with Gasteiger partial charge in [0, 0.05) is 17.6 Å². The van der Waals surface area contributed by atoms with Gasteiger partial charge in [-0.3, -0.25) is 9.78 Å². The molecule has 0 spiro atoms. The standard InChI is InChI=1S/C18H22N4O2S/c1-4-24-15(23)10-22-17(13-9-11(2)20-12(13)3)16(21-18(22)25)14-7-5-6-8-19-14/h5-9,16-17,20H,4,10H2,1-3H3,(H,21,25). The minimum atomic E-state index is -0.289. The molecule has 2 N–H and O–H groups in total. The molecule has 1 fully saturated rings. The fourth-order valence-electron chi connectivity index (χ4n) is 3.31. The van der Waals surface area contributed by atoms with Crippen molar-refractivity contribution >= 4 is 23.3 Å². The average Bonchev–Trinajstić information content (AvgIpc) is 3.08. The van der Waals surface area contributed by atoms with Crippen molar-refractivity contribution in [2.45, 2.75) is 32.9 Å². The van der Waals surface area contributed by atoms with Crippen LogP contribution in [0, 0.1) is 13.8 Å². The van der Waals surface area contributed by atoms with Gasteiger partial charge < -0.3 is 19.9 Å². The van der Waals surface area contributed by atoms with Gasteiger partial charge in [0.25, 0.3) is 0 Å². The van der Waals surface area contributed by atoms with Crippen LogP contribution < -0.4 is 5.32 Å². The van der Waals surface area contributed by atoms with Crippen LogP contribution in [0.2, 0.25) is 0 Å². The Morgan fingerprint density at radius 3 is 2.80 bits per heavy atom. The number of esters is 1. The van der Waals surface area contributed by atoms with Gasteiger partial charge in [0.05, 0.1) is 24.4 Å². The first-order chi connectivity index (χ1) is 12.0. The van der Waals surface area contributed by atoms with Crippen molar-refractivity contribution in [3.63, 3.8) is 0 Å². The molecule has 0 saturated carbocycles. The molecule has 0 amide bonds. The SMILES string of the molecule is CCOC(=O)CN1C(=S)NC(c2ccccn2)C1c1cc(C)[nH]c1C. The van der Waals surface area contributed by atoms with E-state index in [9.17, 15) is 4.79 Å². The second-order valence-electron chi connectivity index (χ2n) is 6.09. The lowest BCUT2D eigenvalue weighted by atomic mass is 9.97. The molecule has 7 heteroatoms. The number of carbonyl (C=O) groups is 1. The topological polar surface area (TPSA) is 70.2 Å². The van der Waals surface area contributed by atoms with Crippen LogP contribution in [-0.2, 0) is 9.53 Å². The third-order valence-corrected chi connectivity index (χ3v) is 4.66. The van der Waals surface area contributed by atoms with Crippen LogP contribution in [0.5, 0.6) is 0 Å². The molecule has 0 bridgehead atoms. The molecule has 2 unspecified atom stereocenters. The normalized spacial score (nSPS) is 19.8. The van der Waals surface area contributed by atoms with Crippen molar-refractivity contribution in [3.8, 4) is 0 Å². The Labute approximate surface area is 152 Å². The van der Waals surface area contributed by atoms with Gasteiger partial charge in [0.15, 0.2) is 5.11 Å². The van der Waals surface area contributed by atoms with Gasteiger partial charge >= 0.3 is 5.97 Å². The minimum Gasteiger partial charge on any atom is -0.465 e. The summed E-state index contributed by atoms with van der Waals surface area (Å²) in [7, 11) is 0. The maximum absolute atomic E-state index is 12.1. The van der Waals surface area contributed by atoms with E-state index in [-0.39, 0.29) is 24.6 Å². The number of aromatic amines is 1. The zero-order chi connectivity index (χ0) is 18.0. The monoisotopic (exact) mass is 358 g/mol.